The van der Waals surface area contributed by atoms with Crippen molar-refractivity contribution in [2.45, 2.75) is 39.3 Å². The second-order valence-corrected chi connectivity index (χ2v) is 4.68. The van der Waals surface area contributed by atoms with Crippen molar-refractivity contribution in [2.24, 2.45) is 11.7 Å². The summed E-state index contributed by atoms with van der Waals surface area (Å²) in [5.41, 5.74) is 5.63. The summed E-state index contributed by atoms with van der Waals surface area (Å²) in [5, 5.41) is 0. The Hall–Kier alpha value is -0.320. The molecule has 2 atom stereocenters. The molecule has 1 amide bonds. The predicted molar refractivity (Wildman–Crippen MR) is 66.7 cm³/mol. The van der Waals surface area contributed by atoms with Crippen LogP contribution in [0.1, 0.15) is 27.2 Å². The lowest BCUT2D eigenvalue weighted by atomic mass is 10.0. The zero-order valence-electron chi connectivity index (χ0n) is 10.3. The van der Waals surface area contributed by atoms with Gasteiger partial charge in [0.1, 0.15) is 0 Å². The van der Waals surface area contributed by atoms with Crippen LogP contribution in [-0.2, 0) is 9.53 Å². The summed E-state index contributed by atoms with van der Waals surface area (Å²) in [7, 11) is 0. The smallest absolute Gasteiger partial charge is 0.239 e. The van der Waals surface area contributed by atoms with Gasteiger partial charge in [0.25, 0.3) is 0 Å². The van der Waals surface area contributed by atoms with Gasteiger partial charge in [-0.2, -0.15) is 0 Å². The van der Waals surface area contributed by atoms with Crippen LogP contribution in [-0.4, -0.2) is 42.6 Å². The molecule has 96 valence electrons. The molecule has 0 saturated carbocycles. The van der Waals surface area contributed by atoms with Gasteiger partial charge in [0, 0.05) is 6.54 Å². The summed E-state index contributed by atoms with van der Waals surface area (Å²) >= 11 is 0. The number of halogens is 1. The Morgan fingerprint density at radius 2 is 2.12 bits per heavy atom. The van der Waals surface area contributed by atoms with Gasteiger partial charge in [-0.1, -0.05) is 13.8 Å². The third-order valence-corrected chi connectivity index (χ3v) is 2.64. The summed E-state index contributed by atoms with van der Waals surface area (Å²) in [5.74, 6) is 0.615. The summed E-state index contributed by atoms with van der Waals surface area (Å²) in [6, 6.07) is -0.199. The van der Waals surface area contributed by atoms with E-state index in [0.717, 1.165) is 6.42 Å². The van der Waals surface area contributed by atoms with Gasteiger partial charge < -0.3 is 15.4 Å². The molecule has 1 fully saturated rings. The number of morpholine rings is 1. The van der Waals surface area contributed by atoms with Crippen LogP contribution >= 0.6 is 12.4 Å². The first-order valence-corrected chi connectivity index (χ1v) is 5.66. The van der Waals surface area contributed by atoms with Gasteiger partial charge in [-0.05, 0) is 19.3 Å². The number of nitrogens with zero attached hydrogens (tertiary/aromatic N) is 1. The fourth-order valence-corrected chi connectivity index (χ4v) is 1.95. The molecule has 0 spiro atoms. The van der Waals surface area contributed by atoms with Crippen molar-refractivity contribution in [3.05, 3.63) is 0 Å². The zero-order valence-corrected chi connectivity index (χ0v) is 11.1. The molecule has 0 aromatic carbocycles. The van der Waals surface area contributed by atoms with Crippen LogP contribution in [0.2, 0.25) is 0 Å². The van der Waals surface area contributed by atoms with Gasteiger partial charge in [0.2, 0.25) is 5.91 Å². The quantitative estimate of drug-likeness (QED) is 0.814. The Morgan fingerprint density at radius 1 is 1.50 bits per heavy atom. The van der Waals surface area contributed by atoms with Gasteiger partial charge in [0.05, 0.1) is 25.3 Å². The molecule has 0 aromatic heterocycles. The highest BCUT2D eigenvalue weighted by atomic mass is 35.5. The van der Waals surface area contributed by atoms with Crippen molar-refractivity contribution in [2.75, 3.05) is 19.8 Å². The molecular formula is C11H23ClN2O2. The molecule has 1 rings (SSSR count). The largest absolute Gasteiger partial charge is 0.377 e. The molecule has 5 heteroatoms. The lowest BCUT2D eigenvalue weighted by Crippen LogP contribution is -2.53. The average Bonchev–Trinajstić information content (AvgIpc) is 2.16. The molecule has 0 aliphatic carbocycles. The minimum atomic E-state index is -0.405. The minimum absolute atomic E-state index is 0. The Labute approximate surface area is 104 Å². The van der Waals surface area contributed by atoms with Gasteiger partial charge in [0.15, 0.2) is 0 Å². The topological polar surface area (TPSA) is 55.6 Å². The molecule has 1 unspecified atom stereocenters. The number of ether oxygens (including phenoxy) is 1. The number of hydrogen-bond acceptors (Lipinski definition) is 3. The van der Waals surface area contributed by atoms with Crippen molar-refractivity contribution in [1.29, 1.82) is 0 Å². The number of rotatable bonds is 3. The van der Waals surface area contributed by atoms with Crippen LogP contribution in [0.25, 0.3) is 0 Å². The maximum atomic E-state index is 11.8. The van der Waals surface area contributed by atoms with Gasteiger partial charge in [-0.3, -0.25) is 4.79 Å². The van der Waals surface area contributed by atoms with Crippen molar-refractivity contribution >= 4 is 18.3 Å². The van der Waals surface area contributed by atoms with E-state index >= 15 is 0 Å². The van der Waals surface area contributed by atoms with Crippen LogP contribution in [0.3, 0.4) is 0 Å². The van der Waals surface area contributed by atoms with E-state index < -0.39 is 6.04 Å². The summed E-state index contributed by atoms with van der Waals surface area (Å²) < 4.78 is 5.41. The Balaban J connectivity index is 0.00000225. The Morgan fingerprint density at radius 3 is 2.62 bits per heavy atom. The molecule has 0 radical (unpaired) electrons. The third kappa shape index (κ3) is 4.28. The summed E-state index contributed by atoms with van der Waals surface area (Å²) in [6.45, 7) is 8.01. The van der Waals surface area contributed by atoms with E-state index in [2.05, 4.69) is 13.8 Å². The first-order valence-electron chi connectivity index (χ1n) is 5.66. The van der Waals surface area contributed by atoms with E-state index in [4.69, 9.17) is 10.5 Å². The van der Waals surface area contributed by atoms with Crippen LogP contribution < -0.4 is 5.73 Å². The highest BCUT2D eigenvalue weighted by Crippen LogP contribution is 2.16. The zero-order chi connectivity index (χ0) is 11.4. The van der Waals surface area contributed by atoms with Crippen molar-refractivity contribution in [1.82, 2.24) is 4.90 Å². The molecule has 0 bridgehead atoms. The lowest BCUT2D eigenvalue weighted by Gasteiger charge is -2.37. The first kappa shape index (κ1) is 15.7. The average molecular weight is 251 g/mol. The molecule has 1 aliphatic rings. The maximum absolute atomic E-state index is 11.8. The normalized spacial score (nSPS) is 22.8. The summed E-state index contributed by atoms with van der Waals surface area (Å²) in [6.07, 6.45) is 0.985. The van der Waals surface area contributed by atoms with Gasteiger partial charge >= 0.3 is 0 Å². The number of carbonyl (C=O) groups excluding carboxylic acids is 1. The fourth-order valence-electron chi connectivity index (χ4n) is 1.95. The van der Waals surface area contributed by atoms with Crippen molar-refractivity contribution in [3.63, 3.8) is 0 Å². The van der Waals surface area contributed by atoms with E-state index in [-0.39, 0.29) is 24.4 Å². The Bertz CT molecular complexity index is 222. The molecular weight excluding hydrogens is 228 g/mol. The number of amides is 1. The molecule has 2 N–H and O–H groups in total. The van der Waals surface area contributed by atoms with Crippen LogP contribution in [0.4, 0.5) is 0 Å². The SMILES string of the molecule is CC(C)CC1COCCN1C(=O)[C@@H](C)N.Cl. The van der Waals surface area contributed by atoms with E-state index in [1.807, 2.05) is 4.90 Å². The standard InChI is InChI=1S/C11H22N2O2.ClH/c1-8(2)6-10-7-15-5-4-13(10)11(14)9(3)12;/h8-10H,4-7,12H2,1-3H3;1H/t9-,10?;/m1./s1. The fraction of sp³-hybridized carbons (Fsp3) is 0.909. The van der Waals surface area contributed by atoms with E-state index in [0.29, 0.717) is 25.7 Å². The Kier molecular flexibility index (Phi) is 6.95. The molecule has 1 heterocycles. The second-order valence-electron chi connectivity index (χ2n) is 4.68. The van der Waals surface area contributed by atoms with E-state index in [1.54, 1.807) is 6.92 Å². The molecule has 1 saturated heterocycles. The second kappa shape index (κ2) is 7.09. The molecule has 0 aromatic rings. The van der Waals surface area contributed by atoms with Crippen molar-refractivity contribution in [3.8, 4) is 0 Å². The number of hydrogen-bond donors (Lipinski definition) is 1. The van der Waals surface area contributed by atoms with Crippen LogP contribution in [0.15, 0.2) is 0 Å². The van der Waals surface area contributed by atoms with E-state index in [9.17, 15) is 4.79 Å². The summed E-state index contributed by atoms with van der Waals surface area (Å²) in [4.78, 5) is 13.7. The number of nitrogens with two attached hydrogens (primary N) is 1. The van der Waals surface area contributed by atoms with Crippen molar-refractivity contribution < 1.29 is 9.53 Å². The maximum Gasteiger partial charge on any atom is 0.239 e. The molecule has 16 heavy (non-hydrogen) atoms. The van der Waals surface area contributed by atoms with Gasteiger partial charge in [-0.25, -0.2) is 0 Å². The minimum Gasteiger partial charge on any atom is -0.377 e. The monoisotopic (exact) mass is 250 g/mol. The third-order valence-electron chi connectivity index (χ3n) is 2.64. The molecule has 1 aliphatic heterocycles. The first-order chi connectivity index (χ1) is 7.02. The predicted octanol–water partition coefficient (Wildman–Crippen LogP) is 1.03. The highest BCUT2D eigenvalue weighted by molar-refractivity contribution is 5.85. The highest BCUT2D eigenvalue weighted by Gasteiger charge is 2.29. The lowest BCUT2D eigenvalue weighted by molar-refractivity contribution is -0.141. The van der Waals surface area contributed by atoms with Crippen LogP contribution in [0, 0.1) is 5.92 Å². The van der Waals surface area contributed by atoms with Crippen LogP contribution in [0.5, 0.6) is 0 Å². The van der Waals surface area contributed by atoms with Gasteiger partial charge in [-0.15, -0.1) is 12.4 Å². The molecule has 4 nitrogen and oxygen atoms in total. The van der Waals surface area contributed by atoms with E-state index in [1.165, 1.54) is 0 Å². The number of carbonyl (C=O) groups is 1.